The molecular formula is C28H20F2N4O2. The van der Waals surface area contributed by atoms with Crippen LogP contribution in [0.1, 0.15) is 56.1 Å². The van der Waals surface area contributed by atoms with Gasteiger partial charge >= 0.3 is 0 Å². The lowest BCUT2D eigenvalue weighted by atomic mass is 9.83. The number of fused-ring (bicyclic) bond motifs is 8. The van der Waals surface area contributed by atoms with E-state index >= 15 is 0 Å². The summed E-state index contributed by atoms with van der Waals surface area (Å²) < 4.78 is 34.0. The van der Waals surface area contributed by atoms with Crippen LogP contribution in [0.2, 0.25) is 0 Å². The number of carbonyl (C=O) groups excluding carboxylic acids is 1. The molecule has 6 rings (SSSR count). The van der Waals surface area contributed by atoms with Gasteiger partial charge in [-0.15, -0.1) is 0 Å². The van der Waals surface area contributed by atoms with Gasteiger partial charge in [0, 0.05) is 29.0 Å². The third kappa shape index (κ3) is 3.63. The number of halogens is 2. The molecule has 36 heavy (non-hydrogen) atoms. The summed E-state index contributed by atoms with van der Waals surface area (Å²) in [6, 6.07) is 18.1. The fourth-order valence-electron chi connectivity index (χ4n) is 4.84. The van der Waals surface area contributed by atoms with Gasteiger partial charge in [0.15, 0.2) is 0 Å². The molecule has 178 valence electrons. The smallest absolute Gasteiger partial charge is 0.251 e. The van der Waals surface area contributed by atoms with Crippen molar-refractivity contribution in [3.05, 3.63) is 124 Å². The number of hydrogen-bond acceptors (Lipinski definition) is 4. The molecule has 2 bridgehead atoms. The van der Waals surface area contributed by atoms with Crippen LogP contribution in [0.4, 0.5) is 8.78 Å². The quantitative estimate of drug-likeness (QED) is 0.282. The molecule has 6 nitrogen and oxygen atoms in total. The number of pyridine rings is 1. The summed E-state index contributed by atoms with van der Waals surface area (Å²) in [6.07, 6.45) is 0.891. The number of aromatic nitrogens is 1. The lowest BCUT2D eigenvalue weighted by Gasteiger charge is -2.18. The maximum absolute atomic E-state index is 14.4. The second-order valence-electron chi connectivity index (χ2n) is 8.84. The number of nitrogen functional groups attached to an aromatic ring is 1. The maximum atomic E-state index is 14.4. The summed E-state index contributed by atoms with van der Waals surface area (Å²) in [4.78, 5) is 17.1. The molecule has 3 aromatic carbocycles. The van der Waals surface area contributed by atoms with Gasteiger partial charge in [0.05, 0.1) is 12.2 Å². The van der Waals surface area contributed by atoms with Crippen molar-refractivity contribution >= 4 is 11.7 Å². The molecule has 8 heteroatoms. The van der Waals surface area contributed by atoms with Crippen molar-refractivity contribution in [3.8, 4) is 11.1 Å². The predicted molar refractivity (Wildman–Crippen MR) is 129 cm³/mol. The van der Waals surface area contributed by atoms with E-state index in [1.807, 2.05) is 30.3 Å². The van der Waals surface area contributed by atoms with E-state index in [0.29, 0.717) is 27.9 Å². The Hall–Kier alpha value is -4.43. The highest BCUT2D eigenvalue weighted by Gasteiger charge is 2.43. The number of nitrogens with zero attached hydrogens (tertiary/aromatic N) is 1. The van der Waals surface area contributed by atoms with E-state index in [2.05, 4.69) is 10.3 Å². The molecule has 0 fully saturated rings. The average Bonchev–Trinajstić information content (AvgIpc) is 3.44. The Morgan fingerprint density at radius 1 is 0.917 bits per heavy atom. The van der Waals surface area contributed by atoms with E-state index in [-0.39, 0.29) is 30.5 Å². The van der Waals surface area contributed by atoms with Crippen LogP contribution < -0.4 is 11.1 Å². The van der Waals surface area contributed by atoms with E-state index in [9.17, 15) is 13.6 Å². The number of nitrogens with two attached hydrogens (primary N) is 1. The zero-order valence-electron chi connectivity index (χ0n) is 18.9. The number of benzene rings is 3. The Balaban J connectivity index is 1.23. The first kappa shape index (κ1) is 22.1. The Bertz CT molecular complexity index is 1550. The zero-order valence-corrected chi connectivity index (χ0v) is 18.9. The van der Waals surface area contributed by atoms with Gasteiger partial charge in [-0.1, -0.05) is 18.2 Å². The lowest BCUT2D eigenvalue weighted by Crippen LogP contribution is -2.24. The average molecular weight is 482 g/mol. The third-order valence-electron chi connectivity index (χ3n) is 6.65. The lowest BCUT2D eigenvalue weighted by molar-refractivity contribution is 0.0857. The molecule has 0 saturated heterocycles. The highest BCUT2D eigenvalue weighted by molar-refractivity contribution is 5.95. The maximum Gasteiger partial charge on any atom is 0.251 e. The van der Waals surface area contributed by atoms with Gasteiger partial charge in [-0.05, 0) is 70.3 Å². The van der Waals surface area contributed by atoms with Crippen LogP contribution in [0.15, 0.2) is 72.9 Å². The van der Waals surface area contributed by atoms with Crippen molar-refractivity contribution in [2.24, 2.45) is 5.73 Å². The van der Waals surface area contributed by atoms with Crippen LogP contribution in [-0.4, -0.2) is 16.7 Å². The van der Waals surface area contributed by atoms with Gasteiger partial charge in [-0.2, -0.15) is 0 Å². The van der Waals surface area contributed by atoms with Gasteiger partial charge < -0.3 is 15.8 Å². The number of hydrogen-bond donors (Lipinski definition) is 3. The molecule has 2 aliphatic rings. The SMILES string of the molecule is N=C(N)c1ccc(CNC(=O)c2ccc3c(c2)[C@@H]2O[C@H]3c3ccc(-c4ccc(F)cc4F)cc32)nc1. The summed E-state index contributed by atoms with van der Waals surface area (Å²) in [6.45, 7) is 0.228. The standard InChI is InChI=1S/C28H20F2N4O2/c29-17-4-8-19(24(30)11-17)14-2-6-20-22(9-14)26-23-10-15(3-7-21(23)25(20)36-26)28(35)34-13-18-5-1-16(12-33-18)27(31)32/h1-12,25-26H,13H2,(H3,31,32)(H,34,35)/t25-,26+/m0/s1. The van der Waals surface area contributed by atoms with Crippen LogP contribution in [0.5, 0.6) is 0 Å². The van der Waals surface area contributed by atoms with Crippen molar-refractivity contribution in [2.45, 2.75) is 18.8 Å². The fourth-order valence-corrected chi connectivity index (χ4v) is 4.84. The first-order valence-electron chi connectivity index (χ1n) is 11.3. The molecule has 2 atom stereocenters. The van der Waals surface area contributed by atoms with E-state index in [4.69, 9.17) is 15.9 Å². The van der Waals surface area contributed by atoms with Crippen molar-refractivity contribution in [3.63, 3.8) is 0 Å². The summed E-state index contributed by atoms with van der Waals surface area (Å²) in [5.41, 5.74) is 11.9. The molecule has 0 spiro atoms. The predicted octanol–water partition coefficient (Wildman–Crippen LogP) is 4.76. The van der Waals surface area contributed by atoms with Crippen LogP contribution >= 0.6 is 0 Å². The monoisotopic (exact) mass is 482 g/mol. The van der Waals surface area contributed by atoms with Crippen molar-refractivity contribution in [1.82, 2.24) is 10.3 Å². The van der Waals surface area contributed by atoms with Crippen LogP contribution in [0.3, 0.4) is 0 Å². The highest BCUT2D eigenvalue weighted by Crippen LogP contribution is 2.54. The number of rotatable bonds is 5. The molecule has 1 amide bonds. The number of nitrogens with one attached hydrogen (secondary N) is 2. The molecule has 2 aliphatic heterocycles. The van der Waals surface area contributed by atoms with Gasteiger partial charge in [0.1, 0.15) is 29.7 Å². The normalized spacial score (nSPS) is 16.9. The number of amidine groups is 1. The molecule has 0 saturated carbocycles. The van der Waals surface area contributed by atoms with E-state index in [1.54, 1.807) is 18.2 Å². The molecule has 3 heterocycles. The molecule has 0 aliphatic carbocycles. The Morgan fingerprint density at radius 2 is 1.64 bits per heavy atom. The van der Waals surface area contributed by atoms with Gasteiger partial charge in [-0.3, -0.25) is 15.2 Å². The molecule has 4 aromatic rings. The minimum Gasteiger partial charge on any atom is -0.384 e. The van der Waals surface area contributed by atoms with Crippen LogP contribution in [-0.2, 0) is 11.3 Å². The minimum atomic E-state index is -0.622. The Labute approximate surface area is 205 Å². The molecule has 0 unspecified atom stereocenters. The Kier molecular flexibility index (Phi) is 5.12. The molecule has 1 aromatic heterocycles. The summed E-state index contributed by atoms with van der Waals surface area (Å²) in [5.74, 6) is -1.56. The van der Waals surface area contributed by atoms with Crippen LogP contribution in [0.25, 0.3) is 11.1 Å². The molecule has 0 radical (unpaired) electrons. The van der Waals surface area contributed by atoms with Crippen LogP contribution in [0, 0.1) is 17.0 Å². The van der Waals surface area contributed by atoms with E-state index in [1.165, 1.54) is 18.3 Å². The number of amides is 1. The largest absolute Gasteiger partial charge is 0.384 e. The first-order chi connectivity index (χ1) is 17.4. The summed E-state index contributed by atoms with van der Waals surface area (Å²) >= 11 is 0. The van der Waals surface area contributed by atoms with E-state index in [0.717, 1.165) is 28.3 Å². The van der Waals surface area contributed by atoms with Crippen molar-refractivity contribution in [1.29, 1.82) is 5.41 Å². The topological polar surface area (TPSA) is 101 Å². The number of ether oxygens (including phenoxy) is 1. The fraction of sp³-hybridized carbons (Fsp3) is 0.107. The molecule has 4 N–H and O–H groups in total. The zero-order chi connectivity index (χ0) is 25.0. The van der Waals surface area contributed by atoms with Gasteiger partial charge in [-0.25, -0.2) is 8.78 Å². The minimum absolute atomic E-state index is 0.0655. The Morgan fingerprint density at radius 3 is 2.36 bits per heavy atom. The first-order valence-corrected chi connectivity index (χ1v) is 11.3. The highest BCUT2D eigenvalue weighted by atomic mass is 19.1. The molecular weight excluding hydrogens is 462 g/mol. The van der Waals surface area contributed by atoms with Crippen molar-refractivity contribution in [2.75, 3.05) is 0 Å². The van der Waals surface area contributed by atoms with Gasteiger partial charge in [0.2, 0.25) is 0 Å². The number of carbonyl (C=O) groups is 1. The van der Waals surface area contributed by atoms with Crippen molar-refractivity contribution < 1.29 is 18.3 Å². The van der Waals surface area contributed by atoms with Gasteiger partial charge in [0.25, 0.3) is 5.91 Å². The van der Waals surface area contributed by atoms with E-state index < -0.39 is 11.6 Å². The summed E-state index contributed by atoms with van der Waals surface area (Å²) in [5, 5.41) is 10.3. The second kappa shape index (κ2) is 8.35. The third-order valence-corrected chi connectivity index (χ3v) is 6.65. The second-order valence-corrected chi connectivity index (χ2v) is 8.84. The summed E-state index contributed by atoms with van der Waals surface area (Å²) in [7, 11) is 0.